The van der Waals surface area contributed by atoms with Crippen molar-refractivity contribution in [1.82, 2.24) is 10.9 Å². The van der Waals surface area contributed by atoms with Crippen molar-refractivity contribution in [2.45, 2.75) is 85.4 Å². The molecule has 0 aromatic carbocycles. The lowest BCUT2D eigenvalue weighted by atomic mass is 9.75. The molecule has 0 aromatic rings. The van der Waals surface area contributed by atoms with Gasteiger partial charge < -0.3 is 10.5 Å². The van der Waals surface area contributed by atoms with Crippen LogP contribution < -0.4 is 16.6 Å². The summed E-state index contributed by atoms with van der Waals surface area (Å²) in [5.41, 5.74) is 11.8. The van der Waals surface area contributed by atoms with Crippen molar-refractivity contribution in [3.63, 3.8) is 0 Å². The highest BCUT2D eigenvalue weighted by Crippen LogP contribution is 2.40. The third kappa shape index (κ3) is 5.43. The lowest BCUT2D eigenvalue weighted by molar-refractivity contribution is 0.0440. The zero-order valence-electron chi connectivity index (χ0n) is 15.3. The Morgan fingerprint density at radius 2 is 1.95 bits per heavy atom. The lowest BCUT2D eigenvalue weighted by Crippen LogP contribution is -2.55. The number of carbonyl (C=O) groups is 1. The van der Waals surface area contributed by atoms with E-state index < -0.39 is 11.7 Å². The van der Waals surface area contributed by atoms with Crippen molar-refractivity contribution in [2.24, 2.45) is 23.0 Å². The number of hydrazine groups is 1. The number of amides is 1. The highest BCUT2D eigenvalue weighted by Gasteiger charge is 2.41. The molecule has 5 nitrogen and oxygen atoms in total. The van der Waals surface area contributed by atoms with E-state index in [0.717, 1.165) is 19.3 Å². The van der Waals surface area contributed by atoms with Gasteiger partial charge in [0.25, 0.3) is 0 Å². The van der Waals surface area contributed by atoms with Crippen LogP contribution in [0.15, 0.2) is 0 Å². The first-order valence-electron chi connectivity index (χ1n) is 8.46. The molecule has 22 heavy (non-hydrogen) atoms. The molecule has 0 saturated heterocycles. The highest BCUT2D eigenvalue weighted by molar-refractivity contribution is 5.67. The Morgan fingerprint density at radius 1 is 1.36 bits per heavy atom. The standard InChI is InChI=1S/C17H35N3O2/c1-8-12-9-11(2)13(18)10-17(6,7)14(12)19-20-15(21)22-16(3,4)5/h11-14,19H,8-10,18H2,1-7H3,(H,20,21). The van der Waals surface area contributed by atoms with E-state index in [4.69, 9.17) is 10.5 Å². The minimum absolute atomic E-state index is 0.0138. The van der Waals surface area contributed by atoms with Crippen LogP contribution in [0, 0.1) is 17.3 Å². The molecule has 1 saturated carbocycles. The monoisotopic (exact) mass is 313 g/mol. The first kappa shape index (κ1) is 19.2. The van der Waals surface area contributed by atoms with Gasteiger partial charge in [0.05, 0.1) is 0 Å². The SMILES string of the molecule is CCC1CC(C)C(N)CC(C)(C)C1NNC(=O)OC(C)(C)C. The van der Waals surface area contributed by atoms with Crippen LogP contribution in [-0.4, -0.2) is 23.8 Å². The maximum Gasteiger partial charge on any atom is 0.422 e. The Bertz CT molecular complexity index is 377. The smallest absolute Gasteiger partial charge is 0.422 e. The van der Waals surface area contributed by atoms with E-state index in [9.17, 15) is 4.79 Å². The molecule has 0 aromatic heterocycles. The second-order valence-corrected chi connectivity index (χ2v) is 8.49. The summed E-state index contributed by atoms with van der Waals surface area (Å²) in [4.78, 5) is 11.9. The van der Waals surface area contributed by atoms with E-state index in [2.05, 4.69) is 38.5 Å². The van der Waals surface area contributed by atoms with Crippen molar-refractivity contribution in [3.05, 3.63) is 0 Å². The predicted molar refractivity (Wildman–Crippen MR) is 90.2 cm³/mol. The van der Waals surface area contributed by atoms with Crippen LogP contribution in [0.3, 0.4) is 0 Å². The summed E-state index contributed by atoms with van der Waals surface area (Å²) in [6.07, 6.45) is 2.65. The molecular formula is C17H35N3O2. The van der Waals surface area contributed by atoms with Gasteiger partial charge in [0.15, 0.2) is 0 Å². The largest absolute Gasteiger partial charge is 0.443 e. The van der Waals surface area contributed by atoms with Gasteiger partial charge in [0, 0.05) is 12.1 Å². The lowest BCUT2D eigenvalue weighted by Gasteiger charge is -2.38. The van der Waals surface area contributed by atoms with Gasteiger partial charge in [0.1, 0.15) is 5.60 Å². The maximum absolute atomic E-state index is 11.9. The zero-order chi connectivity index (χ0) is 17.1. The molecule has 130 valence electrons. The van der Waals surface area contributed by atoms with Crippen LogP contribution in [0.2, 0.25) is 0 Å². The van der Waals surface area contributed by atoms with Gasteiger partial charge in [-0.2, -0.15) is 0 Å². The molecule has 1 fully saturated rings. The molecular weight excluding hydrogens is 278 g/mol. The first-order valence-corrected chi connectivity index (χ1v) is 8.46. The van der Waals surface area contributed by atoms with Crippen molar-refractivity contribution in [3.8, 4) is 0 Å². The average molecular weight is 313 g/mol. The summed E-state index contributed by atoms with van der Waals surface area (Å²) in [6.45, 7) is 14.5. The summed E-state index contributed by atoms with van der Waals surface area (Å²) in [7, 11) is 0. The molecule has 1 aliphatic rings. The number of ether oxygens (including phenoxy) is 1. The van der Waals surface area contributed by atoms with Crippen molar-refractivity contribution < 1.29 is 9.53 Å². The molecule has 4 N–H and O–H groups in total. The first-order chi connectivity index (χ1) is 9.96. The van der Waals surface area contributed by atoms with Crippen LogP contribution in [0.4, 0.5) is 4.79 Å². The van der Waals surface area contributed by atoms with E-state index in [1.807, 2.05) is 20.8 Å². The van der Waals surface area contributed by atoms with Crippen LogP contribution >= 0.6 is 0 Å². The molecule has 0 aliphatic heterocycles. The third-order valence-electron chi connectivity index (χ3n) is 4.73. The minimum atomic E-state index is -0.494. The van der Waals surface area contributed by atoms with Crippen LogP contribution in [0.5, 0.6) is 0 Å². The summed E-state index contributed by atoms with van der Waals surface area (Å²) in [5, 5.41) is 0. The van der Waals surface area contributed by atoms with Gasteiger partial charge in [-0.05, 0) is 50.9 Å². The molecule has 0 radical (unpaired) electrons. The minimum Gasteiger partial charge on any atom is -0.443 e. The average Bonchev–Trinajstić information content (AvgIpc) is 2.41. The van der Waals surface area contributed by atoms with Crippen molar-refractivity contribution in [1.29, 1.82) is 0 Å². The Balaban J connectivity index is 2.77. The molecule has 0 spiro atoms. The fourth-order valence-electron chi connectivity index (χ4n) is 3.52. The second-order valence-electron chi connectivity index (χ2n) is 8.49. The fraction of sp³-hybridized carbons (Fsp3) is 0.941. The maximum atomic E-state index is 11.9. The molecule has 4 unspecified atom stereocenters. The number of hydrogen-bond acceptors (Lipinski definition) is 4. The van der Waals surface area contributed by atoms with Crippen molar-refractivity contribution in [2.75, 3.05) is 0 Å². The number of carbonyl (C=O) groups excluding carboxylic acids is 1. The molecule has 4 atom stereocenters. The predicted octanol–water partition coefficient (Wildman–Crippen LogP) is 3.19. The van der Waals surface area contributed by atoms with Crippen molar-refractivity contribution >= 4 is 6.09 Å². The second kappa shape index (κ2) is 7.18. The summed E-state index contributed by atoms with van der Waals surface area (Å²) >= 11 is 0. The van der Waals surface area contributed by atoms with E-state index >= 15 is 0 Å². The van der Waals surface area contributed by atoms with E-state index in [1.165, 1.54) is 0 Å². The van der Waals surface area contributed by atoms with E-state index in [0.29, 0.717) is 11.8 Å². The van der Waals surface area contributed by atoms with Gasteiger partial charge in [0.2, 0.25) is 0 Å². The van der Waals surface area contributed by atoms with Crippen LogP contribution in [0.1, 0.15) is 67.7 Å². The van der Waals surface area contributed by atoms with Gasteiger partial charge in [-0.25, -0.2) is 10.2 Å². The van der Waals surface area contributed by atoms with E-state index in [-0.39, 0.29) is 17.5 Å². The normalized spacial score (nSPS) is 32.2. The Morgan fingerprint density at radius 3 is 2.45 bits per heavy atom. The molecule has 1 rings (SSSR count). The van der Waals surface area contributed by atoms with Gasteiger partial charge in [-0.15, -0.1) is 0 Å². The molecule has 1 aliphatic carbocycles. The number of hydrogen-bond donors (Lipinski definition) is 3. The molecule has 5 heteroatoms. The fourth-order valence-corrected chi connectivity index (χ4v) is 3.52. The summed E-state index contributed by atoms with van der Waals surface area (Å²) in [5.74, 6) is 0.978. The topological polar surface area (TPSA) is 76.4 Å². The Kier molecular flexibility index (Phi) is 6.27. The van der Waals surface area contributed by atoms with Crippen LogP contribution in [-0.2, 0) is 4.74 Å². The summed E-state index contributed by atoms with van der Waals surface area (Å²) < 4.78 is 5.30. The van der Waals surface area contributed by atoms with Crippen LogP contribution in [0.25, 0.3) is 0 Å². The highest BCUT2D eigenvalue weighted by atomic mass is 16.6. The number of rotatable bonds is 3. The van der Waals surface area contributed by atoms with Gasteiger partial charge in [-0.3, -0.25) is 5.43 Å². The van der Waals surface area contributed by atoms with Gasteiger partial charge >= 0.3 is 6.09 Å². The van der Waals surface area contributed by atoms with Gasteiger partial charge in [-0.1, -0.05) is 34.1 Å². The Labute approximate surface area is 135 Å². The number of nitrogens with two attached hydrogens (primary N) is 1. The van der Waals surface area contributed by atoms with E-state index in [1.54, 1.807) is 0 Å². The quantitative estimate of drug-likeness (QED) is 0.552. The number of nitrogens with one attached hydrogen (secondary N) is 2. The Hall–Kier alpha value is -0.810. The molecule has 1 amide bonds. The molecule has 0 heterocycles. The zero-order valence-corrected chi connectivity index (χ0v) is 15.3. The molecule has 0 bridgehead atoms. The third-order valence-corrected chi connectivity index (χ3v) is 4.73. The summed E-state index contributed by atoms with van der Waals surface area (Å²) in [6, 6.07) is 0.387.